The lowest BCUT2D eigenvalue weighted by molar-refractivity contribution is -0.145. The Bertz CT molecular complexity index is 1790. The fourth-order valence-corrected chi connectivity index (χ4v) is 9.55. The summed E-state index contributed by atoms with van der Waals surface area (Å²) in [6, 6.07) is 17.7. The van der Waals surface area contributed by atoms with E-state index in [2.05, 4.69) is 24.1 Å². The molecular weight excluding hydrogens is 701 g/mol. The van der Waals surface area contributed by atoms with Gasteiger partial charge in [-0.25, -0.2) is 8.42 Å². The minimum Gasteiger partial charge on any atom is -0.508 e. The van der Waals surface area contributed by atoms with Crippen molar-refractivity contribution in [3.8, 4) is 11.5 Å². The number of ether oxygens (including phenoxy) is 1. The molecule has 0 fully saturated rings. The number of carboxylic acid groups (broad SMARTS) is 1. The second-order valence-corrected chi connectivity index (χ2v) is 16.9. The van der Waals surface area contributed by atoms with Crippen molar-refractivity contribution in [2.24, 2.45) is 17.3 Å². The van der Waals surface area contributed by atoms with Gasteiger partial charge in [0.05, 0.1) is 27.1 Å². The predicted molar refractivity (Wildman–Crippen MR) is 205 cm³/mol. The molecular formula is C40H52N2O8S2. The maximum absolute atomic E-state index is 14.4. The fraction of sp³-hybridized carbons (Fsp3) is 0.475. The number of aromatic hydroxyl groups is 1. The number of anilines is 2. The number of ketones is 1. The van der Waals surface area contributed by atoms with Crippen molar-refractivity contribution < 1.29 is 37.8 Å². The van der Waals surface area contributed by atoms with E-state index < -0.39 is 51.5 Å². The molecule has 2 atom stereocenters. The van der Waals surface area contributed by atoms with Crippen molar-refractivity contribution in [3.63, 3.8) is 0 Å². The minimum atomic E-state index is -3.81. The number of aliphatic carboxylic acids is 1. The first-order valence-corrected chi connectivity index (χ1v) is 20.9. The number of benzene rings is 3. The van der Waals surface area contributed by atoms with Crippen LogP contribution in [0.25, 0.3) is 0 Å². The summed E-state index contributed by atoms with van der Waals surface area (Å²) in [5.74, 6) is -3.35. The molecule has 1 aliphatic heterocycles. The van der Waals surface area contributed by atoms with E-state index in [-0.39, 0.29) is 34.5 Å². The van der Waals surface area contributed by atoms with Crippen molar-refractivity contribution in [3.05, 3.63) is 72.3 Å². The number of phenolic OH excluding ortho intramolecular Hbond substituents is 1. The summed E-state index contributed by atoms with van der Waals surface area (Å²) >= 11 is 1.37. The molecule has 10 nitrogen and oxygen atoms in total. The van der Waals surface area contributed by atoms with Gasteiger partial charge in [-0.3, -0.25) is 14.4 Å². The number of para-hydroxylation sites is 1. The Kier molecular flexibility index (Phi) is 14.2. The minimum absolute atomic E-state index is 0.000982. The number of hydrogen-bond acceptors (Lipinski definition) is 9. The van der Waals surface area contributed by atoms with E-state index in [1.54, 1.807) is 13.8 Å². The summed E-state index contributed by atoms with van der Waals surface area (Å²) in [6.45, 7) is 7.69. The van der Waals surface area contributed by atoms with Crippen LogP contribution in [0, 0.1) is 17.3 Å². The van der Waals surface area contributed by atoms with Crippen molar-refractivity contribution in [1.29, 1.82) is 0 Å². The average Bonchev–Trinajstić information content (AvgIpc) is 3.21. The number of nitrogens with one attached hydrogen (secondary N) is 1. The molecule has 0 spiro atoms. The van der Waals surface area contributed by atoms with Gasteiger partial charge in [0.25, 0.3) is 5.91 Å². The lowest BCUT2D eigenvalue weighted by Crippen LogP contribution is -2.38. The Balaban J connectivity index is 1.69. The van der Waals surface area contributed by atoms with Crippen LogP contribution in [0.4, 0.5) is 11.4 Å². The van der Waals surface area contributed by atoms with Gasteiger partial charge in [-0.2, -0.15) is 0 Å². The van der Waals surface area contributed by atoms with Crippen LogP contribution < -0.4 is 15.0 Å². The number of fused-ring (bicyclic) bond motifs is 1. The average molecular weight is 753 g/mol. The van der Waals surface area contributed by atoms with Crippen molar-refractivity contribution in [2.45, 2.75) is 88.5 Å². The number of rotatable bonds is 18. The van der Waals surface area contributed by atoms with Gasteiger partial charge >= 0.3 is 5.97 Å². The SMILES string of the molecule is CCCCC1(CCCC)CN(c2ccccc2)c2cc(SC)c(OCC(=O)N[C@@H](C(=O)C[C@H](C(=O)O)C(C)C)c3ccc(O)cc3)cc2S(=O)(=O)C1. The van der Waals surface area contributed by atoms with Crippen LogP contribution >= 0.6 is 11.8 Å². The maximum Gasteiger partial charge on any atom is 0.307 e. The molecule has 0 aliphatic carbocycles. The first-order chi connectivity index (χ1) is 24.7. The number of sulfone groups is 1. The van der Waals surface area contributed by atoms with Gasteiger partial charge in [0.1, 0.15) is 17.5 Å². The van der Waals surface area contributed by atoms with Crippen LogP contribution in [0.15, 0.2) is 76.5 Å². The smallest absolute Gasteiger partial charge is 0.307 e. The van der Waals surface area contributed by atoms with Crippen LogP contribution in [-0.2, 0) is 24.2 Å². The van der Waals surface area contributed by atoms with E-state index >= 15 is 0 Å². The quantitative estimate of drug-likeness (QED) is 0.109. The normalized spacial score (nSPS) is 16.0. The topological polar surface area (TPSA) is 150 Å². The zero-order valence-corrected chi connectivity index (χ0v) is 32.4. The third-order valence-electron chi connectivity index (χ3n) is 9.81. The molecule has 0 saturated heterocycles. The highest BCUT2D eigenvalue weighted by atomic mass is 32.2. The molecule has 0 radical (unpaired) electrons. The third-order valence-corrected chi connectivity index (χ3v) is 12.6. The summed E-state index contributed by atoms with van der Waals surface area (Å²) in [5.41, 5.74) is 1.37. The zero-order valence-electron chi connectivity index (χ0n) is 30.8. The second-order valence-electron chi connectivity index (χ2n) is 14.1. The van der Waals surface area contributed by atoms with Gasteiger partial charge in [0, 0.05) is 30.1 Å². The number of amides is 1. The summed E-state index contributed by atoms with van der Waals surface area (Å²) in [5, 5.41) is 22.2. The number of carboxylic acids is 1. The summed E-state index contributed by atoms with van der Waals surface area (Å²) < 4.78 is 34.9. The number of carbonyl (C=O) groups excluding carboxylic acids is 2. The molecule has 52 heavy (non-hydrogen) atoms. The Morgan fingerprint density at radius 2 is 1.62 bits per heavy atom. The largest absolute Gasteiger partial charge is 0.508 e. The van der Waals surface area contributed by atoms with Crippen LogP contribution in [0.2, 0.25) is 0 Å². The van der Waals surface area contributed by atoms with Crippen molar-refractivity contribution in [2.75, 3.05) is 30.1 Å². The van der Waals surface area contributed by atoms with Crippen molar-refractivity contribution >= 4 is 50.6 Å². The highest BCUT2D eigenvalue weighted by Crippen LogP contribution is 2.47. The molecule has 3 aromatic carbocycles. The number of carbonyl (C=O) groups is 3. The lowest BCUT2D eigenvalue weighted by atomic mass is 9.79. The molecule has 0 aromatic heterocycles. The summed E-state index contributed by atoms with van der Waals surface area (Å²) in [4.78, 5) is 41.7. The molecule has 1 heterocycles. The van der Waals surface area contributed by atoms with Gasteiger partial charge in [0.15, 0.2) is 22.2 Å². The van der Waals surface area contributed by atoms with Crippen LogP contribution in [0.1, 0.15) is 84.2 Å². The molecule has 12 heteroatoms. The Hall–Kier alpha value is -4.03. The number of unbranched alkanes of at least 4 members (excludes halogenated alkanes) is 2. The fourth-order valence-electron chi connectivity index (χ4n) is 6.88. The maximum atomic E-state index is 14.4. The Morgan fingerprint density at radius 3 is 2.17 bits per heavy atom. The third kappa shape index (κ3) is 10.1. The molecule has 282 valence electrons. The Morgan fingerprint density at radius 1 is 0.981 bits per heavy atom. The molecule has 1 amide bonds. The van der Waals surface area contributed by atoms with E-state index in [9.17, 15) is 33.0 Å². The van der Waals surface area contributed by atoms with Crippen LogP contribution in [-0.4, -0.2) is 61.5 Å². The first-order valence-electron chi connectivity index (χ1n) is 18.0. The van der Waals surface area contributed by atoms with Gasteiger partial charge in [-0.1, -0.05) is 83.7 Å². The summed E-state index contributed by atoms with van der Waals surface area (Å²) in [6.07, 6.45) is 6.86. The molecule has 0 unspecified atom stereocenters. The second kappa shape index (κ2) is 18.1. The highest BCUT2D eigenvalue weighted by Gasteiger charge is 2.42. The molecule has 4 rings (SSSR count). The molecule has 3 aromatic rings. The first kappa shape index (κ1) is 40.7. The molecule has 3 N–H and O–H groups in total. The van der Waals surface area contributed by atoms with Crippen LogP contribution in [0.5, 0.6) is 11.5 Å². The number of hydrogen-bond donors (Lipinski definition) is 3. The van der Waals surface area contributed by atoms with Gasteiger partial charge in [-0.05, 0) is 60.9 Å². The summed E-state index contributed by atoms with van der Waals surface area (Å²) in [7, 11) is -3.81. The number of nitrogens with zero attached hydrogens (tertiary/aromatic N) is 1. The Labute approximate surface area is 312 Å². The van der Waals surface area contributed by atoms with Gasteiger partial charge in [-0.15, -0.1) is 11.8 Å². The lowest BCUT2D eigenvalue weighted by Gasteiger charge is -2.37. The highest BCUT2D eigenvalue weighted by molar-refractivity contribution is 7.98. The van der Waals surface area contributed by atoms with Gasteiger partial charge < -0.3 is 25.2 Å². The zero-order chi connectivity index (χ0) is 38.1. The molecule has 0 saturated carbocycles. The number of thioether (sulfide) groups is 1. The number of Topliss-reactive ketones (excluding diaryl/α,β-unsaturated/α-hetero) is 1. The predicted octanol–water partition coefficient (Wildman–Crippen LogP) is 7.96. The van der Waals surface area contributed by atoms with E-state index in [4.69, 9.17) is 4.74 Å². The van der Waals surface area contributed by atoms with Crippen LogP contribution in [0.3, 0.4) is 0 Å². The van der Waals surface area contributed by atoms with Gasteiger partial charge in [0.2, 0.25) is 0 Å². The van der Waals surface area contributed by atoms with E-state index in [1.807, 2.05) is 42.7 Å². The molecule has 1 aliphatic rings. The standard InChI is InChI=1S/C40H52N2O8S2/c1-6-8-19-40(20-9-7-2)25-42(29-13-11-10-12-14-29)32-22-35(51-5)34(23-36(32)52(48,49)26-40)50-24-37(45)41-38(28-15-17-30(43)18-16-28)33(44)21-31(27(3)4)39(46)47/h10-18,22-23,27,31,38,43H,6-9,19-21,24-26H2,1-5H3,(H,41,45)(H,46,47)/t31-,38+/m0/s1. The number of phenols is 1. The van der Waals surface area contributed by atoms with E-state index in [0.29, 0.717) is 22.7 Å². The van der Waals surface area contributed by atoms with Crippen molar-refractivity contribution in [1.82, 2.24) is 5.32 Å². The van der Waals surface area contributed by atoms with E-state index in [1.165, 1.54) is 42.1 Å². The van der Waals surface area contributed by atoms with E-state index in [0.717, 1.165) is 44.2 Å². The molecule has 0 bridgehead atoms. The monoisotopic (exact) mass is 752 g/mol.